The van der Waals surface area contributed by atoms with Gasteiger partial charge in [-0.25, -0.2) is 13.2 Å². The van der Waals surface area contributed by atoms with Crippen LogP contribution in [0.15, 0.2) is 42.5 Å². The number of amides is 1. The van der Waals surface area contributed by atoms with Crippen LogP contribution in [-0.2, 0) is 14.8 Å². The Bertz CT molecular complexity index is 954. The van der Waals surface area contributed by atoms with Crippen LogP contribution in [-0.4, -0.2) is 38.2 Å². The van der Waals surface area contributed by atoms with Crippen LogP contribution in [0.2, 0.25) is 0 Å². The average Bonchev–Trinajstić information content (AvgIpc) is 2.52. The minimum atomic E-state index is -3.71. The number of aromatic carboxylic acids is 1. The van der Waals surface area contributed by atoms with Crippen LogP contribution in [0.1, 0.15) is 21.5 Å². The van der Waals surface area contributed by atoms with E-state index in [4.69, 9.17) is 0 Å². The molecule has 0 fully saturated rings. The van der Waals surface area contributed by atoms with E-state index in [0.29, 0.717) is 11.3 Å². The zero-order valence-corrected chi connectivity index (χ0v) is 15.5. The highest BCUT2D eigenvalue weighted by Gasteiger charge is 2.23. The van der Waals surface area contributed by atoms with Crippen LogP contribution in [0.4, 0.5) is 11.4 Å². The van der Waals surface area contributed by atoms with E-state index >= 15 is 0 Å². The van der Waals surface area contributed by atoms with Gasteiger partial charge in [0.2, 0.25) is 15.9 Å². The summed E-state index contributed by atoms with van der Waals surface area (Å²) in [6.45, 7) is 3.19. The van der Waals surface area contributed by atoms with E-state index in [1.54, 1.807) is 25.1 Å². The van der Waals surface area contributed by atoms with Crippen molar-refractivity contribution in [1.29, 1.82) is 0 Å². The molecule has 7 nitrogen and oxygen atoms in total. The van der Waals surface area contributed by atoms with E-state index in [1.807, 2.05) is 13.0 Å². The summed E-state index contributed by atoms with van der Waals surface area (Å²) in [4.78, 5) is 23.6. The highest BCUT2D eigenvalue weighted by Crippen LogP contribution is 2.24. The first-order valence-corrected chi connectivity index (χ1v) is 9.61. The third-order valence-electron chi connectivity index (χ3n) is 3.74. The van der Waals surface area contributed by atoms with Gasteiger partial charge in [0.15, 0.2) is 0 Å². The summed E-state index contributed by atoms with van der Waals surface area (Å²) >= 11 is 0. The molecule has 0 aliphatic carbocycles. The largest absolute Gasteiger partial charge is 0.478 e. The van der Waals surface area contributed by atoms with Gasteiger partial charge in [0.1, 0.15) is 6.54 Å². The highest BCUT2D eigenvalue weighted by atomic mass is 32.2. The Morgan fingerprint density at radius 3 is 2.35 bits per heavy atom. The minimum absolute atomic E-state index is 0.0710. The molecular weight excluding hydrogens is 356 g/mol. The second-order valence-electron chi connectivity index (χ2n) is 5.96. The van der Waals surface area contributed by atoms with E-state index in [1.165, 1.54) is 18.2 Å². The van der Waals surface area contributed by atoms with Crippen molar-refractivity contribution in [3.63, 3.8) is 0 Å². The number of carboxylic acids is 1. The van der Waals surface area contributed by atoms with E-state index in [-0.39, 0.29) is 11.3 Å². The molecule has 0 unspecified atom stereocenters. The van der Waals surface area contributed by atoms with Crippen LogP contribution in [0.25, 0.3) is 0 Å². The van der Waals surface area contributed by atoms with E-state index < -0.39 is 28.4 Å². The summed E-state index contributed by atoms with van der Waals surface area (Å²) in [5.74, 6) is -1.82. The highest BCUT2D eigenvalue weighted by molar-refractivity contribution is 7.92. The third-order valence-corrected chi connectivity index (χ3v) is 4.87. The number of nitrogens with zero attached hydrogens (tertiary/aromatic N) is 1. The number of rotatable bonds is 6. The molecule has 0 aromatic heterocycles. The van der Waals surface area contributed by atoms with Gasteiger partial charge in [-0.05, 0) is 37.6 Å². The predicted molar refractivity (Wildman–Crippen MR) is 100 cm³/mol. The summed E-state index contributed by atoms with van der Waals surface area (Å²) in [6, 6.07) is 11.2. The van der Waals surface area contributed by atoms with Gasteiger partial charge >= 0.3 is 5.97 Å². The smallest absolute Gasteiger partial charge is 0.337 e. The summed E-state index contributed by atoms with van der Waals surface area (Å²) in [7, 11) is -3.71. The van der Waals surface area contributed by atoms with Gasteiger partial charge < -0.3 is 10.4 Å². The molecule has 0 aliphatic rings. The Kier molecular flexibility index (Phi) is 5.66. The minimum Gasteiger partial charge on any atom is -0.478 e. The molecule has 0 saturated heterocycles. The normalized spacial score (nSPS) is 11.0. The zero-order valence-electron chi connectivity index (χ0n) is 14.7. The number of sulfonamides is 1. The molecule has 0 atom stereocenters. The molecule has 0 aliphatic heterocycles. The lowest BCUT2D eigenvalue weighted by Crippen LogP contribution is -2.38. The lowest BCUT2D eigenvalue weighted by molar-refractivity contribution is -0.114. The molecule has 26 heavy (non-hydrogen) atoms. The summed E-state index contributed by atoms with van der Waals surface area (Å²) < 4.78 is 25.4. The van der Waals surface area contributed by atoms with Crippen molar-refractivity contribution >= 4 is 33.3 Å². The second kappa shape index (κ2) is 7.57. The molecule has 2 aromatic rings. The first-order chi connectivity index (χ1) is 12.1. The molecule has 2 N–H and O–H groups in total. The van der Waals surface area contributed by atoms with Crippen molar-refractivity contribution in [3.8, 4) is 0 Å². The SMILES string of the molecule is Cc1ccc(N(CC(=O)Nc2ccccc2C(=O)O)S(C)(=O)=O)c(C)c1. The third kappa shape index (κ3) is 4.60. The molecule has 0 saturated carbocycles. The van der Waals surface area contributed by atoms with Gasteiger partial charge in [-0.1, -0.05) is 29.8 Å². The molecule has 2 rings (SSSR count). The summed E-state index contributed by atoms with van der Waals surface area (Å²) in [5.41, 5.74) is 2.13. The number of carboxylic acid groups (broad SMARTS) is 1. The quantitative estimate of drug-likeness (QED) is 0.806. The van der Waals surface area contributed by atoms with Crippen molar-refractivity contribution < 1.29 is 23.1 Å². The van der Waals surface area contributed by atoms with Gasteiger partial charge in [-0.3, -0.25) is 9.10 Å². The van der Waals surface area contributed by atoms with Crippen LogP contribution in [0.5, 0.6) is 0 Å². The van der Waals surface area contributed by atoms with Crippen molar-refractivity contribution in [3.05, 3.63) is 59.2 Å². The molecule has 0 bridgehead atoms. The molecule has 0 spiro atoms. The van der Waals surface area contributed by atoms with Gasteiger partial charge in [-0.2, -0.15) is 0 Å². The molecule has 138 valence electrons. The van der Waals surface area contributed by atoms with Crippen molar-refractivity contribution in [1.82, 2.24) is 0 Å². The number of anilines is 2. The summed E-state index contributed by atoms with van der Waals surface area (Å²) in [6.07, 6.45) is 1.02. The van der Waals surface area contributed by atoms with E-state index in [9.17, 15) is 23.1 Å². The first-order valence-electron chi connectivity index (χ1n) is 7.76. The number of para-hydroxylation sites is 1. The second-order valence-corrected chi connectivity index (χ2v) is 7.87. The molecule has 8 heteroatoms. The monoisotopic (exact) mass is 376 g/mol. The lowest BCUT2D eigenvalue weighted by atomic mass is 10.1. The number of benzene rings is 2. The van der Waals surface area contributed by atoms with Crippen LogP contribution < -0.4 is 9.62 Å². The Morgan fingerprint density at radius 1 is 1.12 bits per heavy atom. The lowest BCUT2D eigenvalue weighted by Gasteiger charge is -2.24. The van der Waals surface area contributed by atoms with Gasteiger partial charge in [0.25, 0.3) is 0 Å². The maximum Gasteiger partial charge on any atom is 0.337 e. The van der Waals surface area contributed by atoms with E-state index in [2.05, 4.69) is 5.32 Å². The molecule has 0 heterocycles. The van der Waals surface area contributed by atoms with Crippen molar-refractivity contribution in [2.45, 2.75) is 13.8 Å². The van der Waals surface area contributed by atoms with Gasteiger partial charge in [0.05, 0.1) is 23.2 Å². The fraction of sp³-hybridized carbons (Fsp3) is 0.222. The summed E-state index contributed by atoms with van der Waals surface area (Å²) in [5, 5.41) is 11.6. The molecular formula is C18H20N2O5S. The van der Waals surface area contributed by atoms with E-state index in [0.717, 1.165) is 16.1 Å². The van der Waals surface area contributed by atoms with Crippen LogP contribution in [0.3, 0.4) is 0 Å². The van der Waals surface area contributed by atoms with Gasteiger partial charge in [0, 0.05) is 0 Å². The first kappa shape index (κ1) is 19.5. The molecule has 1 amide bonds. The number of hydrogen-bond donors (Lipinski definition) is 2. The fourth-order valence-corrected chi connectivity index (χ4v) is 3.48. The number of carbonyl (C=O) groups excluding carboxylic acids is 1. The van der Waals surface area contributed by atoms with Crippen LogP contribution in [0, 0.1) is 13.8 Å². The Hall–Kier alpha value is -2.87. The van der Waals surface area contributed by atoms with Crippen molar-refractivity contribution in [2.24, 2.45) is 0 Å². The Balaban J connectivity index is 2.30. The topological polar surface area (TPSA) is 104 Å². The number of nitrogens with one attached hydrogen (secondary N) is 1. The zero-order chi connectivity index (χ0) is 19.5. The number of carbonyl (C=O) groups is 2. The maximum atomic E-state index is 12.4. The number of aryl methyl sites for hydroxylation is 2. The maximum absolute atomic E-state index is 12.4. The van der Waals surface area contributed by atoms with Crippen molar-refractivity contribution in [2.75, 3.05) is 22.4 Å². The predicted octanol–water partition coefficient (Wildman–Crippen LogP) is 2.41. The van der Waals surface area contributed by atoms with Gasteiger partial charge in [-0.15, -0.1) is 0 Å². The molecule has 2 aromatic carbocycles. The number of hydrogen-bond acceptors (Lipinski definition) is 4. The average molecular weight is 376 g/mol. The molecule has 0 radical (unpaired) electrons. The Labute approximate surface area is 152 Å². The van der Waals surface area contributed by atoms with Crippen LogP contribution >= 0.6 is 0 Å². The Morgan fingerprint density at radius 2 is 1.77 bits per heavy atom. The fourth-order valence-electron chi connectivity index (χ4n) is 2.57. The standard InChI is InChI=1S/C18H20N2O5S/c1-12-8-9-16(13(2)10-12)20(26(3,24)25)11-17(21)19-15-7-5-4-6-14(15)18(22)23/h4-10H,11H2,1-3H3,(H,19,21)(H,22,23).